The molecule has 0 atom stereocenters. The lowest BCUT2D eigenvalue weighted by Crippen LogP contribution is -2.06. The van der Waals surface area contributed by atoms with Gasteiger partial charge < -0.3 is 9.47 Å². The van der Waals surface area contributed by atoms with E-state index in [1.54, 1.807) is 11.3 Å². The molecule has 0 aromatic carbocycles. The molecule has 0 N–H and O–H groups in total. The molecule has 0 radical (unpaired) electrons. The van der Waals surface area contributed by atoms with Crippen LogP contribution in [-0.4, -0.2) is 28.2 Å². The van der Waals surface area contributed by atoms with Gasteiger partial charge in [-0.25, -0.2) is 0 Å². The van der Waals surface area contributed by atoms with E-state index in [2.05, 4.69) is 21.0 Å². The first kappa shape index (κ1) is 13.0. The maximum Gasteiger partial charge on any atom is 0.323 e. The SMILES string of the molecule is CCOc1nc(Cl)nc(OCCc2cccs2)n1. The van der Waals surface area contributed by atoms with Crippen LogP contribution in [0.1, 0.15) is 11.8 Å². The van der Waals surface area contributed by atoms with Crippen LogP contribution in [0.2, 0.25) is 5.28 Å². The Morgan fingerprint density at radius 2 is 2.00 bits per heavy atom. The summed E-state index contributed by atoms with van der Waals surface area (Å²) in [6.45, 7) is 2.80. The van der Waals surface area contributed by atoms with E-state index in [0.29, 0.717) is 13.2 Å². The molecule has 0 saturated carbocycles. The lowest BCUT2D eigenvalue weighted by atomic mass is 10.4. The van der Waals surface area contributed by atoms with Crippen molar-refractivity contribution in [3.8, 4) is 12.0 Å². The number of nitrogens with zero attached hydrogens (tertiary/aromatic N) is 3. The van der Waals surface area contributed by atoms with Crippen LogP contribution in [-0.2, 0) is 6.42 Å². The molecule has 2 rings (SSSR count). The van der Waals surface area contributed by atoms with E-state index >= 15 is 0 Å². The van der Waals surface area contributed by atoms with Crippen molar-refractivity contribution < 1.29 is 9.47 Å². The molecule has 2 aromatic heterocycles. The maximum absolute atomic E-state index is 5.74. The third kappa shape index (κ3) is 3.82. The molecule has 5 nitrogen and oxygen atoms in total. The van der Waals surface area contributed by atoms with Crippen LogP contribution in [0.3, 0.4) is 0 Å². The van der Waals surface area contributed by atoms with Gasteiger partial charge in [-0.15, -0.1) is 16.3 Å². The lowest BCUT2D eigenvalue weighted by molar-refractivity contribution is 0.271. The van der Waals surface area contributed by atoms with E-state index in [1.165, 1.54) is 4.88 Å². The summed E-state index contributed by atoms with van der Waals surface area (Å²) in [6.07, 6.45) is 0.810. The fourth-order valence-corrected chi connectivity index (χ4v) is 2.11. The molecular formula is C11H12ClN3O2S. The quantitative estimate of drug-likeness (QED) is 0.816. The molecule has 0 fully saturated rings. The van der Waals surface area contributed by atoms with Gasteiger partial charge in [-0.2, -0.15) is 9.97 Å². The van der Waals surface area contributed by atoms with Gasteiger partial charge >= 0.3 is 12.0 Å². The Kier molecular flexibility index (Phi) is 4.72. The second-order valence-corrected chi connectivity index (χ2v) is 4.65. The topological polar surface area (TPSA) is 57.1 Å². The highest BCUT2D eigenvalue weighted by Gasteiger charge is 2.06. The number of thiophene rings is 1. The van der Waals surface area contributed by atoms with Gasteiger partial charge in [0.25, 0.3) is 0 Å². The summed E-state index contributed by atoms with van der Waals surface area (Å²) < 4.78 is 10.6. The molecule has 18 heavy (non-hydrogen) atoms. The molecule has 0 aliphatic rings. The van der Waals surface area contributed by atoms with E-state index in [-0.39, 0.29) is 17.3 Å². The van der Waals surface area contributed by atoms with Gasteiger partial charge in [0.1, 0.15) is 0 Å². The third-order valence-corrected chi connectivity index (χ3v) is 3.11. The average Bonchev–Trinajstić information content (AvgIpc) is 2.82. The van der Waals surface area contributed by atoms with Gasteiger partial charge in [0, 0.05) is 11.3 Å². The number of ether oxygens (including phenoxy) is 2. The second-order valence-electron chi connectivity index (χ2n) is 3.28. The Morgan fingerprint density at radius 1 is 1.22 bits per heavy atom. The van der Waals surface area contributed by atoms with E-state index in [4.69, 9.17) is 21.1 Å². The normalized spacial score (nSPS) is 10.3. The number of halogens is 1. The van der Waals surface area contributed by atoms with Crippen LogP contribution in [0.5, 0.6) is 12.0 Å². The minimum atomic E-state index is 0.0690. The zero-order valence-electron chi connectivity index (χ0n) is 9.80. The van der Waals surface area contributed by atoms with Gasteiger partial charge in [-0.3, -0.25) is 0 Å². The smallest absolute Gasteiger partial charge is 0.323 e. The zero-order valence-corrected chi connectivity index (χ0v) is 11.4. The molecule has 0 spiro atoms. The summed E-state index contributed by atoms with van der Waals surface area (Å²) in [5, 5.41) is 2.10. The largest absolute Gasteiger partial charge is 0.464 e. The number of hydrogen-bond donors (Lipinski definition) is 0. The standard InChI is InChI=1S/C11H12ClN3O2S/c1-2-16-10-13-9(12)14-11(15-10)17-6-5-8-4-3-7-18-8/h3-4,7H,2,5-6H2,1H3. The molecule has 96 valence electrons. The van der Waals surface area contributed by atoms with E-state index in [1.807, 2.05) is 18.4 Å². The highest BCUT2D eigenvalue weighted by molar-refractivity contribution is 7.09. The predicted molar refractivity (Wildman–Crippen MR) is 69.5 cm³/mol. The summed E-state index contributed by atoms with van der Waals surface area (Å²) in [5.41, 5.74) is 0. The van der Waals surface area contributed by atoms with Gasteiger partial charge in [0.2, 0.25) is 5.28 Å². The van der Waals surface area contributed by atoms with E-state index in [9.17, 15) is 0 Å². The Morgan fingerprint density at radius 3 is 2.67 bits per heavy atom. The van der Waals surface area contributed by atoms with Crippen molar-refractivity contribution in [1.29, 1.82) is 0 Å². The molecule has 2 aromatic rings. The van der Waals surface area contributed by atoms with Crippen molar-refractivity contribution in [3.05, 3.63) is 27.7 Å². The van der Waals surface area contributed by atoms with Crippen LogP contribution in [0.25, 0.3) is 0 Å². The summed E-state index contributed by atoms with van der Waals surface area (Å²) in [6, 6.07) is 4.44. The molecule has 0 aliphatic heterocycles. The minimum absolute atomic E-state index is 0.0690. The van der Waals surface area contributed by atoms with Crippen molar-refractivity contribution in [2.45, 2.75) is 13.3 Å². The molecule has 0 saturated heterocycles. The first-order chi connectivity index (χ1) is 8.78. The third-order valence-electron chi connectivity index (χ3n) is 2.00. The first-order valence-corrected chi connectivity index (χ1v) is 6.73. The molecular weight excluding hydrogens is 274 g/mol. The summed E-state index contributed by atoms with van der Waals surface area (Å²) in [5.74, 6) is 0. The van der Waals surface area contributed by atoms with E-state index < -0.39 is 0 Å². The van der Waals surface area contributed by atoms with Gasteiger partial charge in [-0.1, -0.05) is 6.07 Å². The Labute approximate surface area is 114 Å². The van der Waals surface area contributed by atoms with Crippen molar-refractivity contribution in [2.75, 3.05) is 13.2 Å². The Balaban J connectivity index is 1.92. The first-order valence-electron chi connectivity index (χ1n) is 5.47. The van der Waals surface area contributed by atoms with Crippen LogP contribution in [0, 0.1) is 0 Å². The van der Waals surface area contributed by atoms with Crippen molar-refractivity contribution in [1.82, 2.24) is 15.0 Å². The monoisotopic (exact) mass is 285 g/mol. The van der Waals surface area contributed by atoms with Crippen LogP contribution < -0.4 is 9.47 Å². The highest BCUT2D eigenvalue weighted by atomic mass is 35.5. The molecule has 2 heterocycles. The Hall–Kier alpha value is -1.40. The van der Waals surface area contributed by atoms with E-state index in [0.717, 1.165) is 6.42 Å². The maximum atomic E-state index is 5.74. The highest BCUT2D eigenvalue weighted by Crippen LogP contribution is 2.14. The number of rotatable bonds is 6. The fraction of sp³-hybridized carbons (Fsp3) is 0.364. The van der Waals surface area contributed by atoms with Crippen LogP contribution in [0.4, 0.5) is 0 Å². The predicted octanol–water partition coefficient (Wildman–Crippen LogP) is 2.61. The average molecular weight is 286 g/mol. The van der Waals surface area contributed by atoms with Crippen LogP contribution in [0.15, 0.2) is 17.5 Å². The summed E-state index contributed by atoms with van der Waals surface area (Å²) in [7, 11) is 0. The van der Waals surface area contributed by atoms with Gasteiger partial charge in [0.05, 0.1) is 13.2 Å². The fourth-order valence-electron chi connectivity index (χ4n) is 1.27. The van der Waals surface area contributed by atoms with Gasteiger partial charge in [-0.05, 0) is 30.0 Å². The number of hydrogen-bond acceptors (Lipinski definition) is 6. The van der Waals surface area contributed by atoms with Crippen LogP contribution >= 0.6 is 22.9 Å². The second kappa shape index (κ2) is 6.51. The molecule has 0 unspecified atom stereocenters. The number of aromatic nitrogens is 3. The Bertz CT molecular complexity index is 493. The zero-order chi connectivity index (χ0) is 12.8. The van der Waals surface area contributed by atoms with Crippen molar-refractivity contribution >= 4 is 22.9 Å². The summed E-state index contributed by atoms with van der Waals surface area (Å²) >= 11 is 7.43. The minimum Gasteiger partial charge on any atom is -0.464 e. The molecule has 0 aliphatic carbocycles. The van der Waals surface area contributed by atoms with Crippen molar-refractivity contribution in [2.24, 2.45) is 0 Å². The molecule has 0 amide bonds. The van der Waals surface area contributed by atoms with Crippen molar-refractivity contribution in [3.63, 3.8) is 0 Å². The molecule has 0 bridgehead atoms. The summed E-state index contributed by atoms with van der Waals surface area (Å²) in [4.78, 5) is 12.9. The molecule has 7 heteroatoms. The lowest BCUT2D eigenvalue weighted by Gasteiger charge is -2.05. The van der Waals surface area contributed by atoms with Gasteiger partial charge in [0.15, 0.2) is 0 Å².